The van der Waals surface area contributed by atoms with E-state index >= 15 is 0 Å². The van der Waals surface area contributed by atoms with Crippen LogP contribution in [0.1, 0.15) is 26.2 Å². The van der Waals surface area contributed by atoms with Gasteiger partial charge in [-0.1, -0.05) is 6.42 Å². The molecule has 2 rings (SSSR count). The number of rotatable bonds is 6. The van der Waals surface area contributed by atoms with Crippen LogP contribution < -0.4 is 5.32 Å². The zero-order chi connectivity index (χ0) is 13.0. The minimum Gasteiger partial charge on any atom is -0.313 e. The molecule has 2 aliphatic heterocycles. The zero-order valence-electron chi connectivity index (χ0n) is 11.3. The third-order valence-corrected chi connectivity index (χ3v) is 5.90. The van der Waals surface area contributed by atoms with Crippen LogP contribution in [0, 0.1) is 0 Å². The highest BCUT2D eigenvalue weighted by Crippen LogP contribution is 2.13. The van der Waals surface area contributed by atoms with Crippen LogP contribution in [0.2, 0.25) is 0 Å². The first-order valence-corrected chi connectivity index (χ1v) is 8.67. The SMILES string of the molecule is CCS(=O)(=O)N(CCN1CCCCC1)C1CNC1. The van der Waals surface area contributed by atoms with Crippen LogP contribution >= 0.6 is 0 Å². The van der Waals surface area contributed by atoms with Crippen molar-refractivity contribution < 1.29 is 8.42 Å². The smallest absolute Gasteiger partial charge is 0.214 e. The lowest BCUT2D eigenvalue weighted by Crippen LogP contribution is -2.60. The Labute approximate surface area is 111 Å². The van der Waals surface area contributed by atoms with E-state index in [0.717, 1.165) is 32.7 Å². The molecule has 5 nitrogen and oxygen atoms in total. The molecule has 0 spiro atoms. The second-order valence-electron chi connectivity index (χ2n) is 5.23. The number of sulfonamides is 1. The predicted molar refractivity (Wildman–Crippen MR) is 73.1 cm³/mol. The first kappa shape index (κ1) is 14.2. The Bertz CT molecular complexity index is 348. The zero-order valence-corrected chi connectivity index (χ0v) is 12.1. The first-order valence-electron chi connectivity index (χ1n) is 7.06. The fourth-order valence-corrected chi connectivity index (χ4v) is 3.91. The van der Waals surface area contributed by atoms with Gasteiger partial charge in [0.05, 0.1) is 5.75 Å². The van der Waals surface area contributed by atoms with Crippen molar-refractivity contribution in [2.75, 3.05) is 45.0 Å². The van der Waals surface area contributed by atoms with Crippen molar-refractivity contribution in [1.82, 2.24) is 14.5 Å². The minimum atomic E-state index is -3.05. The van der Waals surface area contributed by atoms with Gasteiger partial charge in [0.25, 0.3) is 0 Å². The van der Waals surface area contributed by atoms with Crippen LogP contribution in [0.15, 0.2) is 0 Å². The summed E-state index contributed by atoms with van der Waals surface area (Å²) >= 11 is 0. The third-order valence-electron chi connectivity index (χ3n) is 3.97. The molecule has 2 fully saturated rings. The van der Waals surface area contributed by atoms with Crippen molar-refractivity contribution in [3.05, 3.63) is 0 Å². The molecule has 6 heteroatoms. The monoisotopic (exact) mass is 275 g/mol. The molecule has 106 valence electrons. The van der Waals surface area contributed by atoms with Crippen molar-refractivity contribution in [2.24, 2.45) is 0 Å². The second kappa shape index (κ2) is 6.32. The molecule has 0 atom stereocenters. The van der Waals surface area contributed by atoms with E-state index in [0.29, 0.717) is 6.54 Å². The van der Waals surface area contributed by atoms with Gasteiger partial charge < -0.3 is 10.2 Å². The Kier molecular flexibility index (Phi) is 5.00. The average molecular weight is 275 g/mol. The Morgan fingerprint density at radius 3 is 2.39 bits per heavy atom. The maximum Gasteiger partial charge on any atom is 0.214 e. The molecule has 2 heterocycles. The van der Waals surface area contributed by atoms with E-state index in [1.165, 1.54) is 19.3 Å². The van der Waals surface area contributed by atoms with E-state index in [4.69, 9.17) is 0 Å². The maximum atomic E-state index is 12.1. The highest BCUT2D eigenvalue weighted by Gasteiger charge is 2.32. The molecule has 0 aromatic carbocycles. The van der Waals surface area contributed by atoms with Crippen LogP contribution in [-0.2, 0) is 10.0 Å². The summed E-state index contributed by atoms with van der Waals surface area (Å²) in [6.07, 6.45) is 3.83. The van der Waals surface area contributed by atoms with E-state index < -0.39 is 10.0 Å². The summed E-state index contributed by atoms with van der Waals surface area (Å²) in [5, 5.41) is 3.16. The van der Waals surface area contributed by atoms with Crippen molar-refractivity contribution in [3.8, 4) is 0 Å². The van der Waals surface area contributed by atoms with Gasteiger partial charge >= 0.3 is 0 Å². The van der Waals surface area contributed by atoms with Gasteiger partial charge in [-0.05, 0) is 32.9 Å². The molecule has 0 aliphatic carbocycles. The van der Waals surface area contributed by atoms with Crippen molar-refractivity contribution in [1.29, 1.82) is 0 Å². The topological polar surface area (TPSA) is 52.7 Å². The second-order valence-corrected chi connectivity index (χ2v) is 7.44. The Morgan fingerprint density at radius 2 is 1.89 bits per heavy atom. The molecule has 0 aromatic heterocycles. The standard InChI is InChI=1S/C12H25N3O2S/c1-2-18(16,17)15(12-10-13-11-12)9-8-14-6-4-3-5-7-14/h12-13H,2-11H2,1H3. The van der Waals surface area contributed by atoms with E-state index in [1.54, 1.807) is 11.2 Å². The summed E-state index contributed by atoms with van der Waals surface area (Å²) in [5.41, 5.74) is 0. The summed E-state index contributed by atoms with van der Waals surface area (Å²) < 4.78 is 25.9. The third kappa shape index (κ3) is 3.44. The molecule has 2 saturated heterocycles. The molecule has 0 saturated carbocycles. The molecular weight excluding hydrogens is 250 g/mol. The van der Waals surface area contributed by atoms with Gasteiger partial charge in [-0.2, -0.15) is 4.31 Å². The molecule has 0 radical (unpaired) electrons. The summed E-state index contributed by atoms with van der Waals surface area (Å²) in [6, 6.07) is 0.180. The van der Waals surface area contributed by atoms with E-state index in [2.05, 4.69) is 10.2 Å². The first-order chi connectivity index (χ1) is 8.63. The highest BCUT2D eigenvalue weighted by molar-refractivity contribution is 7.89. The Morgan fingerprint density at radius 1 is 1.22 bits per heavy atom. The summed E-state index contributed by atoms with van der Waals surface area (Å²) in [5.74, 6) is 0.212. The molecular formula is C12H25N3O2S. The number of likely N-dealkylation sites (tertiary alicyclic amines) is 1. The molecule has 0 amide bonds. The number of nitrogens with one attached hydrogen (secondary N) is 1. The van der Waals surface area contributed by atoms with Crippen LogP contribution in [0.4, 0.5) is 0 Å². The molecule has 0 bridgehead atoms. The normalized spacial score (nSPS) is 23.2. The van der Waals surface area contributed by atoms with E-state index in [-0.39, 0.29) is 11.8 Å². The predicted octanol–water partition coefficient (Wildman–Crippen LogP) is 0.0958. The minimum absolute atomic E-state index is 0.180. The number of hydrogen-bond acceptors (Lipinski definition) is 4. The van der Waals surface area contributed by atoms with Crippen LogP contribution in [0.25, 0.3) is 0 Å². The lowest BCUT2D eigenvalue weighted by Gasteiger charge is -2.38. The molecule has 18 heavy (non-hydrogen) atoms. The van der Waals surface area contributed by atoms with Crippen LogP contribution in [0.3, 0.4) is 0 Å². The lowest BCUT2D eigenvalue weighted by atomic mass is 10.1. The largest absolute Gasteiger partial charge is 0.313 e. The van der Waals surface area contributed by atoms with Crippen LogP contribution in [-0.4, -0.2) is 68.7 Å². The molecule has 0 aromatic rings. The van der Waals surface area contributed by atoms with Gasteiger partial charge in [-0.3, -0.25) is 0 Å². The number of piperidine rings is 1. The fraction of sp³-hybridized carbons (Fsp3) is 1.00. The average Bonchev–Trinajstić information content (AvgIpc) is 2.33. The molecule has 0 unspecified atom stereocenters. The van der Waals surface area contributed by atoms with Gasteiger partial charge in [-0.15, -0.1) is 0 Å². The van der Waals surface area contributed by atoms with Gasteiger partial charge in [0, 0.05) is 32.2 Å². The highest BCUT2D eigenvalue weighted by atomic mass is 32.2. The maximum absolute atomic E-state index is 12.1. The van der Waals surface area contributed by atoms with E-state index in [1.807, 2.05) is 0 Å². The summed E-state index contributed by atoms with van der Waals surface area (Å²) in [7, 11) is -3.05. The fourth-order valence-electron chi connectivity index (χ4n) is 2.61. The quantitative estimate of drug-likeness (QED) is 0.747. The number of hydrogen-bond donors (Lipinski definition) is 1. The Balaban J connectivity index is 1.88. The Hall–Kier alpha value is -0.170. The van der Waals surface area contributed by atoms with Crippen molar-refractivity contribution in [2.45, 2.75) is 32.2 Å². The van der Waals surface area contributed by atoms with Gasteiger partial charge in [0.2, 0.25) is 10.0 Å². The lowest BCUT2D eigenvalue weighted by molar-refractivity contribution is 0.181. The molecule has 2 aliphatic rings. The van der Waals surface area contributed by atoms with Gasteiger partial charge in [0.1, 0.15) is 0 Å². The van der Waals surface area contributed by atoms with Crippen molar-refractivity contribution >= 4 is 10.0 Å². The summed E-state index contributed by atoms with van der Waals surface area (Å²) in [4.78, 5) is 2.40. The van der Waals surface area contributed by atoms with Crippen LogP contribution in [0.5, 0.6) is 0 Å². The molecule has 1 N–H and O–H groups in total. The number of nitrogens with zero attached hydrogens (tertiary/aromatic N) is 2. The van der Waals surface area contributed by atoms with Crippen molar-refractivity contribution in [3.63, 3.8) is 0 Å². The van der Waals surface area contributed by atoms with E-state index in [9.17, 15) is 8.42 Å². The van der Waals surface area contributed by atoms with Gasteiger partial charge in [0.15, 0.2) is 0 Å². The van der Waals surface area contributed by atoms with Gasteiger partial charge in [-0.25, -0.2) is 8.42 Å². The summed E-state index contributed by atoms with van der Waals surface area (Å²) in [6.45, 7) is 7.14.